The molecule has 0 unspecified atom stereocenters. The second kappa shape index (κ2) is 9.79. The van der Waals surface area contributed by atoms with Crippen molar-refractivity contribution in [3.05, 3.63) is 59.7 Å². The minimum atomic E-state index is -0.411. The molecule has 0 radical (unpaired) electrons. The van der Waals surface area contributed by atoms with Gasteiger partial charge in [0.05, 0.1) is 23.6 Å². The number of ether oxygens (including phenoxy) is 1. The Labute approximate surface area is 176 Å². The minimum absolute atomic E-state index is 0.0625. The molecule has 30 heavy (non-hydrogen) atoms. The predicted octanol–water partition coefficient (Wildman–Crippen LogP) is 2.77. The highest BCUT2D eigenvalue weighted by atomic mass is 32.2. The van der Waals surface area contributed by atoms with Gasteiger partial charge in [-0.3, -0.25) is 9.59 Å². The highest BCUT2D eigenvalue weighted by Gasteiger charge is 2.13. The number of aromatic nitrogens is 4. The molecule has 1 amide bonds. The fourth-order valence-corrected chi connectivity index (χ4v) is 3.21. The molecule has 0 aliphatic rings. The molecule has 0 saturated carbocycles. The molecule has 0 bridgehead atoms. The molecule has 0 fully saturated rings. The van der Waals surface area contributed by atoms with Crippen molar-refractivity contribution in [2.45, 2.75) is 19.0 Å². The van der Waals surface area contributed by atoms with Crippen molar-refractivity contribution in [1.82, 2.24) is 20.2 Å². The first kappa shape index (κ1) is 21.2. The lowest BCUT2D eigenvalue weighted by atomic mass is 10.1. The number of esters is 1. The van der Waals surface area contributed by atoms with Crippen LogP contribution < -0.4 is 5.32 Å². The van der Waals surface area contributed by atoms with Crippen molar-refractivity contribution in [3.63, 3.8) is 0 Å². The van der Waals surface area contributed by atoms with Crippen LogP contribution in [0.3, 0.4) is 0 Å². The quantitative estimate of drug-likeness (QED) is 0.333. The molecule has 0 saturated heterocycles. The van der Waals surface area contributed by atoms with Gasteiger partial charge in [0.2, 0.25) is 11.1 Å². The average Bonchev–Trinajstić information content (AvgIpc) is 3.22. The van der Waals surface area contributed by atoms with Gasteiger partial charge in [0, 0.05) is 11.3 Å². The molecule has 1 heterocycles. The summed E-state index contributed by atoms with van der Waals surface area (Å²) in [5.41, 5.74) is 2.15. The molecule has 0 atom stereocenters. The van der Waals surface area contributed by atoms with Crippen LogP contribution in [-0.2, 0) is 9.53 Å². The lowest BCUT2D eigenvalue weighted by Crippen LogP contribution is -2.15. The Kier molecular flexibility index (Phi) is 6.91. The number of amides is 1. The summed E-state index contributed by atoms with van der Waals surface area (Å²) in [6, 6.07) is 13.4. The molecule has 2 aromatic carbocycles. The normalized spacial score (nSPS) is 10.5. The SMILES string of the molecule is CCOC(=O)c1ccc(NC(=O)CSc2nnnn2-c2cccc(C(C)=O)c2)cc1. The Morgan fingerprint density at radius 2 is 1.87 bits per heavy atom. The molecular formula is C20H19N5O4S. The molecule has 3 rings (SSSR count). The highest BCUT2D eigenvalue weighted by Crippen LogP contribution is 2.20. The van der Waals surface area contributed by atoms with Crippen LogP contribution in [0, 0.1) is 0 Å². The van der Waals surface area contributed by atoms with Crippen LogP contribution in [0.2, 0.25) is 0 Å². The fourth-order valence-electron chi connectivity index (χ4n) is 2.52. The van der Waals surface area contributed by atoms with Gasteiger partial charge in [-0.1, -0.05) is 23.9 Å². The van der Waals surface area contributed by atoms with Crippen LogP contribution in [0.25, 0.3) is 5.69 Å². The molecule has 0 aliphatic carbocycles. The van der Waals surface area contributed by atoms with E-state index >= 15 is 0 Å². The van der Waals surface area contributed by atoms with E-state index in [1.165, 1.54) is 11.6 Å². The van der Waals surface area contributed by atoms with E-state index in [0.29, 0.717) is 34.3 Å². The van der Waals surface area contributed by atoms with E-state index in [1.54, 1.807) is 55.5 Å². The third-order valence-electron chi connectivity index (χ3n) is 3.95. The van der Waals surface area contributed by atoms with Crippen molar-refractivity contribution in [2.24, 2.45) is 0 Å². The summed E-state index contributed by atoms with van der Waals surface area (Å²) in [6.45, 7) is 3.52. The number of ketones is 1. The molecular weight excluding hydrogens is 406 g/mol. The predicted molar refractivity (Wildman–Crippen MR) is 111 cm³/mol. The number of thioether (sulfide) groups is 1. The Balaban J connectivity index is 1.61. The summed E-state index contributed by atoms with van der Waals surface area (Å²) < 4.78 is 6.40. The van der Waals surface area contributed by atoms with Crippen LogP contribution in [0.15, 0.2) is 53.7 Å². The highest BCUT2D eigenvalue weighted by molar-refractivity contribution is 7.99. The van der Waals surface area contributed by atoms with Gasteiger partial charge < -0.3 is 10.1 Å². The maximum atomic E-state index is 12.3. The fraction of sp³-hybridized carbons (Fsp3) is 0.200. The molecule has 9 nitrogen and oxygen atoms in total. The number of nitrogens with one attached hydrogen (secondary N) is 1. The summed E-state index contributed by atoms with van der Waals surface area (Å²) in [5.74, 6) is -0.651. The maximum absolute atomic E-state index is 12.3. The van der Waals surface area contributed by atoms with Crippen LogP contribution in [0.4, 0.5) is 5.69 Å². The molecule has 0 spiro atoms. The van der Waals surface area contributed by atoms with Crippen molar-refractivity contribution in [1.29, 1.82) is 0 Å². The van der Waals surface area contributed by atoms with E-state index in [0.717, 1.165) is 11.8 Å². The molecule has 3 aromatic rings. The van der Waals surface area contributed by atoms with E-state index in [1.807, 2.05) is 0 Å². The zero-order valence-electron chi connectivity index (χ0n) is 16.4. The number of hydrogen-bond acceptors (Lipinski definition) is 8. The lowest BCUT2D eigenvalue weighted by molar-refractivity contribution is -0.113. The topological polar surface area (TPSA) is 116 Å². The van der Waals surface area contributed by atoms with Crippen molar-refractivity contribution in [2.75, 3.05) is 17.7 Å². The average molecular weight is 425 g/mol. The van der Waals surface area contributed by atoms with E-state index in [4.69, 9.17) is 4.74 Å². The standard InChI is InChI=1S/C20H19N5O4S/c1-3-29-19(28)14-7-9-16(10-8-14)21-18(27)12-30-20-22-23-24-25(20)17-6-4-5-15(11-17)13(2)26/h4-11H,3,12H2,1-2H3,(H,21,27). The second-order valence-corrected chi connectivity index (χ2v) is 7.06. The van der Waals surface area contributed by atoms with Crippen molar-refractivity contribution in [3.8, 4) is 5.69 Å². The first-order valence-corrected chi connectivity index (χ1v) is 10.1. The van der Waals surface area contributed by atoms with Gasteiger partial charge in [0.25, 0.3) is 0 Å². The van der Waals surface area contributed by atoms with Gasteiger partial charge in [-0.25, -0.2) is 4.79 Å². The Hall–Kier alpha value is -3.53. The summed E-state index contributed by atoms with van der Waals surface area (Å²) in [7, 11) is 0. The number of carbonyl (C=O) groups is 3. The number of Topliss-reactive ketones (excluding diaryl/α,β-unsaturated/α-hetero) is 1. The van der Waals surface area contributed by atoms with Crippen LogP contribution in [0.5, 0.6) is 0 Å². The van der Waals surface area contributed by atoms with Gasteiger partial charge in [0.1, 0.15) is 0 Å². The second-order valence-electron chi connectivity index (χ2n) is 6.11. The molecule has 1 aromatic heterocycles. The van der Waals surface area contributed by atoms with E-state index < -0.39 is 5.97 Å². The van der Waals surface area contributed by atoms with Crippen molar-refractivity contribution >= 4 is 35.1 Å². The number of benzene rings is 2. The third kappa shape index (κ3) is 5.29. The Morgan fingerprint density at radius 3 is 2.57 bits per heavy atom. The number of tetrazole rings is 1. The minimum Gasteiger partial charge on any atom is -0.462 e. The molecule has 1 N–H and O–H groups in total. The first-order valence-electron chi connectivity index (χ1n) is 9.07. The van der Waals surface area contributed by atoms with Crippen LogP contribution in [-0.4, -0.2) is 50.2 Å². The van der Waals surface area contributed by atoms with Crippen molar-refractivity contribution < 1.29 is 19.1 Å². The van der Waals surface area contributed by atoms with Gasteiger partial charge in [-0.15, -0.1) is 5.10 Å². The van der Waals surface area contributed by atoms with E-state index in [2.05, 4.69) is 20.8 Å². The lowest BCUT2D eigenvalue weighted by Gasteiger charge is -2.07. The van der Waals surface area contributed by atoms with E-state index in [9.17, 15) is 14.4 Å². The first-order chi connectivity index (χ1) is 14.5. The van der Waals surface area contributed by atoms with Gasteiger partial charge >= 0.3 is 5.97 Å². The van der Waals surface area contributed by atoms with E-state index in [-0.39, 0.29) is 17.4 Å². The number of nitrogens with zero attached hydrogens (tertiary/aromatic N) is 4. The molecule has 0 aliphatic heterocycles. The zero-order chi connectivity index (χ0) is 21.5. The number of rotatable bonds is 8. The monoisotopic (exact) mass is 425 g/mol. The van der Waals surface area contributed by atoms with Gasteiger partial charge in [-0.05, 0) is 60.7 Å². The smallest absolute Gasteiger partial charge is 0.338 e. The number of carbonyl (C=O) groups excluding carboxylic acids is 3. The largest absolute Gasteiger partial charge is 0.462 e. The van der Waals surface area contributed by atoms with Crippen LogP contribution in [0.1, 0.15) is 34.6 Å². The number of anilines is 1. The Morgan fingerprint density at radius 1 is 1.10 bits per heavy atom. The summed E-state index contributed by atoms with van der Waals surface area (Å²) in [5, 5.41) is 14.7. The van der Waals surface area contributed by atoms with Crippen LogP contribution >= 0.6 is 11.8 Å². The summed E-state index contributed by atoms with van der Waals surface area (Å²) in [6.07, 6.45) is 0. The molecule has 10 heteroatoms. The third-order valence-corrected chi connectivity index (χ3v) is 4.87. The maximum Gasteiger partial charge on any atom is 0.338 e. The number of hydrogen-bond donors (Lipinski definition) is 1. The Bertz CT molecular complexity index is 1070. The van der Waals surface area contributed by atoms with Gasteiger partial charge in [0.15, 0.2) is 5.78 Å². The zero-order valence-corrected chi connectivity index (χ0v) is 17.2. The molecule has 154 valence electrons. The summed E-state index contributed by atoms with van der Waals surface area (Å²) in [4.78, 5) is 35.5. The summed E-state index contributed by atoms with van der Waals surface area (Å²) >= 11 is 1.16. The van der Waals surface area contributed by atoms with Gasteiger partial charge in [-0.2, -0.15) is 4.68 Å².